The molecule has 4 aliphatic rings. The summed E-state index contributed by atoms with van der Waals surface area (Å²) in [6.45, 7) is 9.21. The number of hydrogen-bond acceptors (Lipinski definition) is 4. The van der Waals surface area contributed by atoms with E-state index in [1.165, 1.54) is 69.0 Å². The lowest BCUT2D eigenvalue weighted by molar-refractivity contribution is 0.00156. The molecule has 1 aromatic heterocycles. The number of ether oxygens (including phenoxy) is 1. The largest absolute Gasteiger partial charge is 0.494 e. The second-order valence-corrected chi connectivity index (χ2v) is 13.3. The van der Waals surface area contributed by atoms with E-state index in [0.29, 0.717) is 36.2 Å². The highest BCUT2D eigenvalue weighted by Gasteiger charge is 2.49. The van der Waals surface area contributed by atoms with Gasteiger partial charge in [-0.25, -0.2) is 0 Å². The monoisotopic (exact) mass is 537 g/mol. The maximum Gasteiger partial charge on any atom is 0.286 e. The van der Waals surface area contributed by atoms with Gasteiger partial charge in [-0.1, -0.05) is 25.8 Å². The number of aliphatic hydroxyl groups excluding tert-OH is 1. The summed E-state index contributed by atoms with van der Waals surface area (Å²) in [6, 6.07) is 3.44. The van der Waals surface area contributed by atoms with Gasteiger partial charge in [-0.15, -0.1) is 6.58 Å². The molecule has 3 fully saturated rings. The van der Waals surface area contributed by atoms with Crippen molar-refractivity contribution in [2.24, 2.45) is 41.4 Å². The normalized spacial score (nSPS) is 35.4. The number of nitrogens with one attached hydrogen (secondary N) is 1. The van der Waals surface area contributed by atoms with Crippen LogP contribution in [0.15, 0.2) is 46.8 Å². The third-order valence-corrected chi connectivity index (χ3v) is 10.8. The van der Waals surface area contributed by atoms with Crippen LogP contribution in [0.5, 0.6) is 0 Å². The molecular formula is C34H51NO4. The van der Waals surface area contributed by atoms with Crippen LogP contribution in [-0.2, 0) is 4.74 Å². The number of hydrogen-bond donors (Lipinski definition) is 2. The molecule has 1 amide bonds. The van der Waals surface area contributed by atoms with Crippen LogP contribution in [0.4, 0.5) is 0 Å². The van der Waals surface area contributed by atoms with Gasteiger partial charge in [0, 0.05) is 18.9 Å². The fourth-order valence-electron chi connectivity index (χ4n) is 8.75. The molecule has 9 atom stereocenters. The van der Waals surface area contributed by atoms with Crippen LogP contribution in [0.25, 0.3) is 0 Å². The third kappa shape index (κ3) is 6.66. The number of carbonyl (C=O) groups excluding carboxylic acids is 1. The minimum atomic E-state index is -0.143. The first kappa shape index (κ1) is 28.5. The molecule has 2 heterocycles. The standard InChI is InChI=1S/C34H51NO4/c1-4-5-10-29-27-11-7-6-9-26(36)18-24(27)14-15-28(29)25-19-30-23(3)31(39-33(30)20-25)16-13-22(2)21-35-34(37)32-12-8-17-38-32/h4,8,12,17,22,24-30,33,36H,1,5-7,9-11,13-16,18-21H2,2-3H3,(H,35,37)/t22?,24?,25?,26-,27+,28?,29?,30?,33?/m0/s1. The first-order chi connectivity index (χ1) is 18.9. The number of allylic oxidation sites excluding steroid dienone is 2. The predicted molar refractivity (Wildman–Crippen MR) is 155 cm³/mol. The van der Waals surface area contributed by atoms with Crippen molar-refractivity contribution in [3.8, 4) is 0 Å². The summed E-state index contributed by atoms with van der Waals surface area (Å²) in [7, 11) is 0. The highest BCUT2D eigenvalue weighted by molar-refractivity contribution is 5.91. The Morgan fingerprint density at radius 3 is 2.74 bits per heavy atom. The van der Waals surface area contributed by atoms with Crippen molar-refractivity contribution in [1.82, 2.24) is 5.32 Å². The van der Waals surface area contributed by atoms with Gasteiger partial charge in [0.05, 0.1) is 18.1 Å². The third-order valence-electron chi connectivity index (χ3n) is 10.8. The molecule has 5 rings (SSSR count). The van der Waals surface area contributed by atoms with Gasteiger partial charge in [-0.3, -0.25) is 4.79 Å². The van der Waals surface area contributed by atoms with E-state index in [9.17, 15) is 9.90 Å². The summed E-state index contributed by atoms with van der Waals surface area (Å²) < 4.78 is 11.8. The highest BCUT2D eigenvalue weighted by atomic mass is 16.5. The minimum Gasteiger partial charge on any atom is -0.494 e. The van der Waals surface area contributed by atoms with Crippen LogP contribution in [0, 0.1) is 41.4 Å². The molecule has 3 saturated carbocycles. The summed E-state index contributed by atoms with van der Waals surface area (Å²) in [5.74, 6) is 6.23. The number of furan rings is 1. The van der Waals surface area contributed by atoms with E-state index in [1.54, 1.807) is 12.1 Å². The molecule has 7 unspecified atom stereocenters. The Kier molecular flexibility index (Phi) is 9.58. The van der Waals surface area contributed by atoms with Crippen molar-refractivity contribution in [3.63, 3.8) is 0 Å². The van der Waals surface area contributed by atoms with Gasteiger partial charge in [0.2, 0.25) is 0 Å². The zero-order valence-corrected chi connectivity index (χ0v) is 24.3. The average molecular weight is 538 g/mol. The fraction of sp³-hybridized carbons (Fsp3) is 0.735. The summed E-state index contributed by atoms with van der Waals surface area (Å²) in [5, 5.41) is 13.6. The summed E-state index contributed by atoms with van der Waals surface area (Å²) in [5.41, 5.74) is 1.49. The van der Waals surface area contributed by atoms with Crippen LogP contribution >= 0.6 is 0 Å². The molecule has 5 nitrogen and oxygen atoms in total. The van der Waals surface area contributed by atoms with E-state index in [2.05, 4.69) is 31.8 Å². The first-order valence-electron chi connectivity index (χ1n) is 15.9. The second kappa shape index (κ2) is 13.1. The molecule has 0 spiro atoms. The molecule has 0 saturated heterocycles. The molecule has 0 aromatic carbocycles. The van der Waals surface area contributed by atoms with E-state index < -0.39 is 0 Å². The summed E-state index contributed by atoms with van der Waals surface area (Å²) in [6.07, 6.45) is 19.2. The van der Waals surface area contributed by atoms with Gasteiger partial charge in [0.15, 0.2) is 5.76 Å². The molecule has 1 aliphatic heterocycles. The van der Waals surface area contributed by atoms with E-state index in [0.717, 1.165) is 55.8 Å². The zero-order chi connectivity index (χ0) is 27.4. The van der Waals surface area contributed by atoms with Crippen LogP contribution in [-0.4, -0.2) is 29.8 Å². The van der Waals surface area contributed by atoms with Crippen LogP contribution in [0.2, 0.25) is 0 Å². The lowest BCUT2D eigenvalue weighted by atomic mass is 9.58. The first-order valence-corrected chi connectivity index (χ1v) is 15.9. The van der Waals surface area contributed by atoms with Crippen LogP contribution in [0.3, 0.4) is 0 Å². The van der Waals surface area contributed by atoms with Gasteiger partial charge < -0.3 is 19.6 Å². The number of fused-ring (bicyclic) bond motifs is 2. The van der Waals surface area contributed by atoms with Crippen LogP contribution < -0.4 is 5.32 Å². The molecule has 0 radical (unpaired) electrons. The second-order valence-electron chi connectivity index (χ2n) is 13.3. The summed E-state index contributed by atoms with van der Waals surface area (Å²) >= 11 is 0. The number of aliphatic hydroxyl groups is 1. The van der Waals surface area contributed by atoms with Gasteiger partial charge in [-0.05, 0) is 124 Å². The Labute approximate surface area is 235 Å². The van der Waals surface area contributed by atoms with Crippen molar-refractivity contribution in [3.05, 3.63) is 48.1 Å². The Morgan fingerprint density at radius 1 is 1.15 bits per heavy atom. The maximum atomic E-state index is 12.2. The summed E-state index contributed by atoms with van der Waals surface area (Å²) in [4.78, 5) is 12.2. The van der Waals surface area contributed by atoms with Crippen molar-refractivity contribution in [2.75, 3.05) is 6.54 Å². The Morgan fingerprint density at radius 2 is 1.97 bits per heavy atom. The van der Waals surface area contributed by atoms with Crippen LogP contribution in [0.1, 0.15) is 108 Å². The Bertz CT molecular complexity index is 983. The lowest BCUT2D eigenvalue weighted by Crippen LogP contribution is -2.40. The topological polar surface area (TPSA) is 71.7 Å². The minimum absolute atomic E-state index is 0.0881. The van der Waals surface area contributed by atoms with E-state index in [4.69, 9.17) is 9.15 Å². The smallest absolute Gasteiger partial charge is 0.286 e. The highest BCUT2D eigenvalue weighted by Crippen LogP contribution is 2.55. The van der Waals surface area contributed by atoms with Crippen molar-refractivity contribution in [1.29, 1.82) is 0 Å². The molecule has 39 heavy (non-hydrogen) atoms. The Balaban J connectivity index is 1.16. The molecule has 0 bridgehead atoms. The van der Waals surface area contributed by atoms with Gasteiger partial charge in [-0.2, -0.15) is 0 Å². The van der Waals surface area contributed by atoms with Crippen molar-refractivity contribution >= 4 is 5.91 Å². The van der Waals surface area contributed by atoms with Gasteiger partial charge in [0.25, 0.3) is 5.91 Å². The molecule has 5 heteroatoms. The molecule has 1 aromatic rings. The predicted octanol–water partition coefficient (Wildman–Crippen LogP) is 7.67. The molecule has 216 valence electrons. The molecule has 3 aliphatic carbocycles. The fourth-order valence-corrected chi connectivity index (χ4v) is 8.75. The Hall–Kier alpha value is -2.01. The van der Waals surface area contributed by atoms with E-state index in [-0.39, 0.29) is 12.0 Å². The SMILES string of the molecule is C=CCCC1C(C2CC3OC(CCC(C)CNC(=O)c4ccco4)=C(C)C3C2)CCC2C[C@@H](O)CCCC[C@H]21. The zero-order valence-electron chi connectivity index (χ0n) is 24.3. The van der Waals surface area contributed by atoms with Crippen molar-refractivity contribution < 1.29 is 19.1 Å². The number of amides is 1. The molecular weight excluding hydrogens is 486 g/mol. The van der Waals surface area contributed by atoms with Crippen molar-refractivity contribution in [2.45, 2.75) is 110 Å². The lowest BCUT2D eigenvalue weighted by Gasteiger charge is -2.47. The van der Waals surface area contributed by atoms with E-state index in [1.807, 2.05) is 0 Å². The quantitative estimate of drug-likeness (QED) is 0.300. The maximum absolute atomic E-state index is 12.2. The number of rotatable bonds is 10. The van der Waals surface area contributed by atoms with Gasteiger partial charge >= 0.3 is 0 Å². The average Bonchev–Trinajstić information content (AvgIpc) is 3.65. The van der Waals surface area contributed by atoms with Gasteiger partial charge in [0.1, 0.15) is 6.10 Å². The van der Waals surface area contributed by atoms with E-state index >= 15 is 0 Å². The number of carbonyl (C=O) groups is 1. The molecule has 2 N–H and O–H groups in total.